The smallest absolute Gasteiger partial charge is 0.309 e. The number of carbonyl (C=O) groups is 1. The fourth-order valence-electron chi connectivity index (χ4n) is 4.48. The van der Waals surface area contributed by atoms with Gasteiger partial charge in [-0.05, 0) is 68.3 Å². The number of nitrogens with zero attached hydrogens (tertiary/aromatic N) is 6. The number of piperidine rings is 1. The van der Waals surface area contributed by atoms with Crippen LogP contribution in [0.3, 0.4) is 0 Å². The number of aromatic nitrogens is 5. The van der Waals surface area contributed by atoms with Crippen molar-refractivity contribution in [1.29, 1.82) is 0 Å². The summed E-state index contributed by atoms with van der Waals surface area (Å²) >= 11 is 0. The summed E-state index contributed by atoms with van der Waals surface area (Å²) in [6.45, 7) is 4.44. The fourth-order valence-corrected chi connectivity index (χ4v) is 4.48. The highest BCUT2D eigenvalue weighted by atomic mass is 16.5. The fraction of sp³-hybridized carbons (Fsp3) is 0.286. The first-order chi connectivity index (χ1) is 18.6. The van der Waals surface area contributed by atoms with Gasteiger partial charge < -0.3 is 15.4 Å². The summed E-state index contributed by atoms with van der Waals surface area (Å²) in [6, 6.07) is 17.5. The molecule has 0 radical (unpaired) electrons. The number of carbonyl (C=O) groups excluding carboxylic acids is 1. The molecular weight excluding hydrogens is 480 g/mol. The third-order valence-electron chi connectivity index (χ3n) is 6.34. The molecule has 1 aliphatic heterocycles. The molecule has 1 unspecified atom stereocenters. The molecule has 194 valence electrons. The molecule has 38 heavy (non-hydrogen) atoms. The lowest BCUT2D eigenvalue weighted by Gasteiger charge is -2.31. The van der Waals surface area contributed by atoms with E-state index in [1.165, 1.54) is 12.7 Å². The number of ether oxygens (including phenoxy) is 1. The second kappa shape index (κ2) is 11.7. The number of pyridine rings is 1. The molecule has 0 bridgehead atoms. The van der Waals surface area contributed by atoms with Crippen LogP contribution in [0.5, 0.6) is 0 Å². The summed E-state index contributed by atoms with van der Waals surface area (Å²) in [5, 5.41) is 6.47. The summed E-state index contributed by atoms with van der Waals surface area (Å²) in [5.41, 5.74) is 3.68. The van der Waals surface area contributed by atoms with Crippen molar-refractivity contribution >= 4 is 29.2 Å². The Kier molecular flexibility index (Phi) is 7.79. The average Bonchev–Trinajstić information content (AvgIpc) is 2.94. The van der Waals surface area contributed by atoms with Crippen LogP contribution in [0.25, 0.3) is 11.5 Å². The number of anilines is 4. The van der Waals surface area contributed by atoms with Gasteiger partial charge in [0, 0.05) is 36.9 Å². The van der Waals surface area contributed by atoms with Crippen molar-refractivity contribution in [2.75, 3.05) is 30.8 Å². The lowest BCUT2D eigenvalue weighted by molar-refractivity contribution is -0.147. The van der Waals surface area contributed by atoms with Crippen molar-refractivity contribution in [2.24, 2.45) is 5.92 Å². The van der Waals surface area contributed by atoms with Crippen LogP contribution in [0, 0.1) is 12.8 Å². The molecule has 4 aromatic rings. The van der Waals surface area contributed by atoms with Gasteiger partial charge in [0.2, 0.25) is 5.95 Å². The molecule has 0 aliphatic carbocycles. The largest absolute Gasteiger partial charge is 0.469 e. The molecule has 0 spiro atoms. The van der Waals surface area contributed by atoms with E-state index in [0.29, 0.717) is 29.1 Å². The van der Waals surface area contributed by atoms with Gasteiger partial charge >= 0.3 is 5.97 Å². The van der Waals surface area contributed by atoms with Crippen molar-refractivity contribution in [3.63, 3.8) is 0 Å². The van der Waals surface area contributed by atoms with Crippen molar-refractivity contribution in [2.45, 2.75) is 26.3 Å². The normalized spacial score (nSPS) is 15.6. The minimum absolute atomic E-state index is 0.0409. The molecule has 10 nitrogen and oxygen atoms in total. The molecule has 2 N–H and O–H groups in total. The van der Waals surface area contributed by atoms with Gasteiger partial charge in [-0.3, -0.25) is 9.69 Å². The molecule has 0 saturated carbocycles. The lowest BCUT2D eigenvalue weighted by atomic mass is 9.98. The Morgan fingerprint density at radius 2 is 1.76 bits per heavy atom. The monoisotopic (exact) mass is 510 g/mol. The third-order valence-corrected chi connectivity index (χ3v) is 6.34. The second-order valence-corrected chi connectivity index (χ2v) is 9.24. The van der Waals surface area contributed by atoms with Crippen LogP contribution in [0.4, 0.5) is 23.3 Å². The van der Waals surface area contributed by atoms with Gasteiger partial charge in [-0.2, -0.15) is 4.98 Å². The van der Waals surface area contributed by atoms with Crippen molar-refractivity contribution in [1.82, 2.24) is 29.8 Å². The number of aryl methyl sites for hydroxylation is 1. The lowest BCUT2D eigenvalue weighted by Crippen LogP contribution is -2.38. The zero-order chi connectivity index (χ0) is 26.3. The summed E-state index contributed by atoms with van der Waals surface area (Å²) in [4.78, 5) is 36.5. The number of benzene rings is 1. The van der Waals surface area contributed by atoms with Gasteiger partial charge in [0.1, 0.15) is 17.3 Å². The summed E-state index contributed by atoms with van der Waals surface area (Å²) in [6.07, 6.45) is 5.27. The number of likely N-dealkylation sites (tertiary alicyclic amines) is 1. The maximum absolute atomic E-state index is 11.9. The quantitative estimate of drug-likeness (QED) is 0.328. The van der Waals surface area contributed by atoms with Gasteiger partial charge in [0.25, 0.3) is 0 Å². The Balaban J connectivity index is 1.20. The van der Waals surface area contributed by atoms with Crippen LogP contribution in [0.2, 0.25) is 0 Å². The second-order valence-electron chi connectivity index (χ2n) is 9.24. The van der Waals surface area contributed by atoms with Crippen LogP contribution in [0.15, 0.2) is 67.0 Å². The number of hydrogen-bond acceptors (Lipinski definition) is 10. The van der Waals surface area contributed by atoms with Crippen molar-refractivity contribution < 1.29 is 9.53 Å². The molecule has 1 atom stereocenters. The molecule has 0 amide bonds. The van der Waals surface area contributed by atoms with E-state index < -0.39 is 0 Å². The van der Waals surface area contributed by atoms with E-state index in [-0.39, 0.29) is 11.9 Å². The first-order valence-corrected chi connectivity index (χ1v) is 12.6. The van der Waals surface area contributed by atoms with Crippen molar-refractivity contribution in [3.05, 3.63) is 78.2 Å². The number of hydrogen-bond donors (Lipinski definition) is 2. The molecule has 10 heteroatoms. The van der Waals surface area contributed by atoms with Crippen LogP contribution in [-0.4, -0.2) is 56.0 Å². The zero-order valence-electron chi connectivity index (χ0n) is 21.5. The predicted molar refractivity (Wildman–Crippen MR) is 145 cm³/mol. The van der Waals surface area contributed by atoms with Gasteiger partial charge in [-0.15, -0.1) is 0 Å². The van der Waals surface area contributed by atoms with Crippen LogP contribution >= 0.6 is 0 Å². The highest BCUT2D eigenvalue weighted by molar-refractivity contribution is 5.72. The minimum Gasteiger partial charge on any atom is -0.469 e. The Labute approximate surface area is 221 Å². The highest BCUT2D eigenvalue weighted by Gasteiger charge is 2.26. The van der Waals surface area contributed by atoms with Crippen LogP contribution in [0.1, 0.15) is 24.1 Å². The van der Waals surface area contributed by atoms with Gasteiger partial charge in [0.15, 0.2) is 5.82 Å². The highest BCUT2D eigenvalue weighted by Crippen LogP contribution is 2.22. The van der Waals surface area contributed by atoms with Gasteiger partial charge in [-0.1, -0.05) is 18.2 Å². The molecule has 3 aromatic heterocycles. The summed E-state index contributed by atoms with van der Waals surface area (Å²) in [7, 11) is 1.46. The number of rotatable bonds is 8. The topological polar surface area (TPSA) is 118 Å². The molecule has 1 aromatic carbocycles. The van der Waals surface area contributed by atoms with E-state index in [9.17, 15) is 4.79 Å². The van der Waals surface area contributed by atoms with E-state index in [2.05, 4.69) is 52.6 Å². The van der Waals surface area contributed by atoms with Crippen LogP contribution in [-0.2, 0) is 16.1 Å². The minimum atomic E-state index is -0.116. The van der Waals surface area contributed by atoms with E-state index in [1.54, 1.807) is 24.5 Å². The molecule has 1 saturated heterocycles. The van der Waals surface area contributed by atoms with Gasteiger partial charge in [0.05, 0.1) is 13.0 Å². The Morgan fingerprint density at radius 1 is 0.974 bits per heavy atom. The number of nitrogens with one attached hydrogen (secondary N) is 2. The molecule has 1 fully saturated rings. The Bertz CT molecular complexity index is 1400. The van der Waals surface area contributed by atoms with E-state index in [1.807, 2.05) is 37.3 Å². The predicted octanol–water partition coefficient (Wildman–Crippen LogP) is 4.51. The van der Waals surface area contributed by atoms with E-state index in [0.717, 1.165) is 43.9 Å². The Hall–Kier alpha value is -4.44. The first-order valence-electron chi connectivity index (χ1n) is 12.6. The maximum Gasteiger partial charge on any atom is 0.309 e. The SMILES string of the molecule is COC(=O)C1CCCN(Cc2ccc(Nc3nccc(Nc4ccnc(-c5cccc(C)n5)n4)n3)cc2)C1. The molecule has 4 heterocycles. The van der Waals surface area contributed by atoms with Crippen molar-refractivity contribution in [3.8, 4) is 11.5 Å². The van der Waals surface area contributed by atoms with E-state index >= 15 is 0 Å². The Morgan fingerprint density at radius 3 is 2.55 bits per heavy atom. The third kappa shape index (κ3) is 6.46. The standard InChI is InChI=1S/C28H30N8O2/c1-19-5-3-7-23(31-19)26-29-14-12-24(34-26)33-25-13-15-30-28(35-25)32-22-10-8-20(9-11-22)17-36-16-4-6-21(18-36)27(37)38-2/h3,5,7-15,21H,4,6,16-18H2,1-2H3,(H2,29,30,32,33,34,35). The number of esters is 1. The zero-order valence-corrected chi connectivity index (χ0v) is 21.5. The van der Waals surface area contributed by atoms with Gasteiger partial charge in [-0.25, -0.2) is 19.9 Å². The maximum atomic E-state index is 11.9. The number of methoxy groups -OCH3 is 1. The van der Waals surface area contributed by atoms with E-state index in [4.69, 9.17) is 4.74 Å². The molecular formula is C28H30N8O2. The molecule has 5 rings (SSSR count). The summed E-state index contributed by atoms with van der Waals surface area (Å²) in [5.74, 6) is 2.06. The first kappa shape index (κ1) is 25.2. The average molecular weight is 511 g/mol. The van der Waals surface area contributed by atoms with Crippen LogP contribution < -0.4 is 10.6 Å². The summed E-state index contributed by atoms with van der Waals surface area (Å²) < 4.78 is 4.93. The molecule has 1 aliphatic rings.